The van der Waals surface area contributed by atoms with Crippen LogP contribution in [0.2, 0.25) is 0 Å². The number of thiazole rings is 1. The quantitative estimate of drug-likeness (QED) is 0.642. The first-order valence-electron chi connectivity index (χ1n) is 10.5. The molecule has 2 aromatic rings. The van der Waals surface area contributed by atoms with E-state index in [0.717, 1.165) is 18.8 Å². The third kappa shape index (κ3) is 5.77. The van der Waals surface area contributed by atoms with E-state index in [9.17, 15) is 13.2 Å². The number of morpholine rings is 1. The number of hydrogen-bond donors (Lipinski definition) is 1. The maximum Gasteiger partial charge on any atom is 0.227 e. The van der Waals surface area contributed by atoms with Gasteiger partial charge >= 0.3 is 0 Å². The van der Waals surface area contributed by atoms with Crippen molar-refractivity contribution in [1.82, 2.24) is 9.88 Å². The van der Waals surface area contributed by atoms with Gasteiger partial charge in [0.05, 0.1) is 28.6 Å². The first kappa shape index (κ1) is 23.0. The highest BCUT2D eigenvalue weighted by molar-refractivity contribution is 7.91. The molecule has 0 spiro atoms. The molecule has 1 amide bonds. The number of carbonyl (C=O) groups excluding carboxylic acids is 1. The molecule has 3 heterocycles. The average molecular weight is 482 g/mol. The van der Waals surface area contributed by atoms with Gasteiger partial charge in [0.25, 0.3) is 0 Å². The Bertz CT molecular complexity index is 1060. The molecular weight excluding hydrogens is 454 g/mol. The van der Waals surface area contributed by atoms with Gasteiger partial charge in [0.2, 0.25) is 5.91 Å². The molecule has 0 aliphatic carbocycles. The molecule has 2 atom stereocenters. The number of rotatable bonds is 7. The molecule has 2 aliphatic rings. The summed E-state index contributed by atoms with van der Waals surface area (Å²) in [6.45, 7) is 7.26. The number of anilines is 1. The highest BCUT2D eigenvalue weighted by atomic mass is 32.2. The molecule has 1 fully saturated rings. The number of carbonyl (C=O) groups is 1. The van der Waals surface area contributed by atoms with Crippen LogP contribution in [0.4, 0.5) is 5.13 Å². The Morgan fingerprint density at radius 2 is 1.91 bits per heavy atom. The van der Waals surface area contributed by atoms with Crippen LogP contribution in [0.1, 0.15) is 26.0 Å². The van der Waals surface area contributed by atoms with E-state index in [4.69, 9.17) is 14.2 Å². The van der Waals surface area contributed by atoms with E-state index < -0.39 is 9.84 Å². The van der Waals surface area contributed by atoms with E-state index in [0.29, 0.717) is 36.4 Å². The van der Waals surface area contributed by atoms with E-state index in [1.165, 1.54) is 23.5 Å². The summed E-state index contributed by atoms with van der Waals surface area (Å²) in [5, 5.41) is 5.08. The summed E-state index contributed by atoms with van der Waals surface area (Å²) in [6.07, 6.45) is 0.185. The first-order valence-corrected chi connectivity index (χ1v) is 13.1. The molecule has 2 unspecified atom stereocenters. The summed E-state index contributed by atoms with van der Waals surface area (Å²) in [4.78, 5) is 19.2. The normalized spacial score (nSPS) is 21.3. The Kier molecular flexibility index (Phi) is 6.99. The molecule has 2 aliphatic heterocycles. The molecular formula is C21H27N3O6S2. The van der Waals surface area contributed by atoms with Crippen molar-refractivity contribution in [2.45, 2.75) is 43.9 Å². The van der Waals surface area contributed by atoms with Crippen molar-refractivity contribution in [3.8, 4) is 11.5 Å². The van der Waals surface area contributed by atoms with Crippen molar-refractivity contribution in [2.24, 2.45) is 0 Å². The molecule has 1 N–H and O–H groups in total. The summed E-state index contributed by atoms with van der Waals surface area (Å²) >= 11 is 1.33. The van der Waals surface area contributed by atoms with E-state index in [-0.39, 0.29) is 35.2 Å². The average Bonchev–Trinajstić information content (AvgIpc) is 3.17. The summed E-state index contributed by atoms with van der Waals surface area (Å²) in [7, 11) is -3.64. The van der Waals surface area contributed by atoms with E-state index in [1.807, 2.05) is 19.2 Å². The maximum absolute atomic E-state index is 12.6. The zero-order valence-electron chi connectivity index (χ0n) is 18.1. The van der Waals surface area contributed by atoms with Gasteiger partial charge in [-0.3, -0.25) is 9.69 Å². The van der Waals surface area contributed by atoms with Crippen molar-refractivity contribution in [3.63, 3.8) is 0 Å². The van der Waals surface area contributed by atoms with Gasteiger partial charge in [-0.25, -0.2) is 13.4 Å². The second-order valence-corrected chi connectivity index (χ2v) is 11.0. The lowest BCUT2D eigenvalue weighted by atomic mass is 10.2. The lowest BCUT2D eigenvalue weighted by Gasteiger charge is -2.34. The van der Waals surface area contributed by atoms with Crippen LogP contribution in [0, 0.1) is 0 Å². The van der Waals surface area contributed by atoms with Gasteiger partial charge in [-0.2, -0.15) is 0 Å². The minimum atomic E-state index is -3.64. The summed E-state index contributed by atoms with van der Waals surface area (Å²) < 4.78 is 41.9. The van der Waals surface area contributed by atoms with Gasteiger partial charge in [0, 0.05) is 37.5 Å². The number of nitrogens with one attached hydrogen (secondary N) is 1. The Labute approximate surface area is 191 Å². The summed E-state index contributed by atoms with van der Waals surface area (Å²) in [6, 6.07) is 4.50. The molecule has 9 nitrogen and oxygen atoms in total. The van der Waals surface area contributed by atoms with Crippen molar-refractivity contribution in [2.75, 3.05) is 37.4 Å². The topological polar surface area (TPSA) is 107 Å². The summed E-state index contributed by atoms with van der Waals surface area (Å²) in [5.74, 6) is 0.232. The smallest absolute Gasteiger partial charge is 0.227 e. The van der Waals surface area contributed by atoms with Crippen molar-refractivity contribution < 1.29 is 27.4 Å². The fraction of sp³-hybridized carbons (Fsp3) is 0.524. The van der Waals surface area contributed by atoms with Crippen LogP contribution in [0.15, 0.2) is 28.5 Å². The number of amides is 1. The number of sulfone groups is 1. The largest absolute Gasteiger partial charge is 0.486 e. The number of nitrogens with zero attached hydrogens (tertiary/aromatic N) is 2. The molecule has 1 aromatic heterocycles. The minimum absolute atomic E-state index is 0.111. The lowest BCUT2D eigenvalue weighted by molar-refractivity contribution is -0.115. The lowest BCUT2D eigenvalue weighted by Crippen LogP contribution is -2.44. The zero-order valence-corrected chi connectivity index (χ0v) is 19.7. The zero-order chi connectivity index (χ0) is 22.7. The van der Waals surface area contributed by atoms with Gasteiger partial charge in [-0.15, -0.1) is 11.3 Å². The Balaban J connectivity index is 1.29. The number of aromatic nitrogens is 1. The number of hydrogen-bond acceptors (Lipinski definition) is 9. The molecule has 4 rings (SSSR count). The van der Waals surface area contributed by atoms with Gasteiger partial charge in [-0.1, -0.05) is 0 Å². The third-order valence-electron chi connectivity index (χ3n) is 5.15. The van der Waals surface area contributed by atoms with Gasteiger partial charge < -0.3 is 19.5 Å². The van der Waals surface area contributed by atoms with Crippen molar-refractivity contribution in [1.29, 1.82) is 0 Å². The first-order chi connectivity index (χ1) is 15.3. The number of ether oxygens (including phenoxy) is 3. The standard InChI is InChI=1S/C21H27N3O6S2/c1-14-10-24(11-15(2)30-14)12-16-13-31-21(22-16)23-20(25)5-8-32(26,27)17-3-4-18-19(9-17)29-7-6-28-18/h3-4,9,13-15H,5-8,10-12H2,1-2H3,(H,22,23,25). The Morgan fingerprint density at radius 1 is 1.19 bits per heavy atom. The fourth-order valence-electron chi connectivity index (χ4n) is 3.82. The molecule has 174 valence electrons. The van der Waals surface area contributed by atoms with Crippen LogP contribution in [0.5, 0.6) is 11.5 Å². The predicted molar refractivity (Wildman–Crippen MR) is 120 cm³/mol. The molecule has 1 saturated heterocycles. The fourth-order valence-corrected chi connectivity index (χ4v) is 5.79. The van der Waals surface area contributed by atoms with Crippen LogP contribution in [-0.4, -0.2) is 68.5 Å². The maximum atomic E-state index is 12.6. The molecule has 1 aromatic carbocycles. The predicted octanol–water partition coefficient (Wildman–Crippen LogP) is 2.33. The Hall–Kier alpha value is -2.21. The van der Waals surface area contributed by atoms with Crippen LogP contribution in [0.3, 0.4) is 0 Å². The third-order valence-corrected chi connectivity index (χ3v) is 7.67. The van der Waals surface area contributed by atoms with Gasteiger partial charge in [-0.05, 0) is 26.0 Å². The van der Waals surface area contributed by atoms with Crippen LogP contribution in [-0.2, 0) is 25.9 Å². The highest BCUT2D eigenvalue weighted by Crippen LogP contribution is 2.32. The van der Waals surface area contributed by atoms with Crippen LogP contribution >= 0.6 is 11.3 Å². The molecule has 32 heavy (non-hydrogen) atoms. The van der Waals surface area contributed by atoms with Gasteiger partial charge in [0.15, 0.2) is 26.5 Å². The van der Waals surface area contributed by atoms with Crippen molar-refractivity contribution in [3.05, 3.63) is 29.3 Å². The second-order valence-electron chi connectivity index (χ2n) is 8.02. The second kappa shape index (κ2) is 9.74. The molecule has 0 radical (unpaired) electrons. The summed E-state index contributed by atoms with van der Waals surface area (Å²) in [5.41, 5.74) is 0.871. The van der Waals surface area contributed by atoms with E-state index in [1.54, 1.807) is 6.07 Å². The minimum Gasteiger partial charge on any atom is -0.486 e. The van der Waals surface area contributed by atoms with Crippen LogP contribution < -0.4 is 14.8 Å². The molecule has 0 bridgehead atoms. The van der Waals surface area contributed by atoms with Gasteiger partial charge in [0.1, 0.15) is 13.2 Å². The SMILES string of the molecule is CC1CN(Cc2csc(NC(=O)CCS(=O)(=O)c3ccc4c(c3)OCCO4)n2)CC(C)O1. The van der Waals surface area contributed by atoms with E-state index in [2.05, 4.69) is 15.2 Å². The number of fused-ring (bicyclic) bond motifs is 1. The van der Waals surface area contributed by atoms with E-state index >= 15 is 0 Å². The monoisotopic (exact) mass is 481 g/mol. The highest BCUT2D eigenvalue weighted by Gasteiger charge is 2.23. The number of benzene rings is 1. The Morgan fingerprint density at radius 3 is 2.66 bits per heavy atom. The van der Waals surface area contributed by atoms with Crippen molar-refractivity contribution >= 4 is 32.2 Å². The van der Waals surface area contributed by atoms with Crippen LogP contribution in [0.25, 0.3) is 0 Å². The molecule has 11 heteroatoms. The molecule has 0 saturated carbocycles.